The van der Waals surface area contributed by atoms with Crippen LogP contribution in [0.25, 0.3) is 0 Å². The number of benzene rings is 2. The van der Waals surface area contributed by atoms with Crippen LogP contribution in [0.2, 0.25) is 0 Å². The summed E-state index contributed by atoms with van der Waals surface area (Å²) in [4.78, 5) is 21.6. The maximum Gasteiger partial charge on any atom is 0.259 e. The Morgan fingerprint density at radius 3 is 1.82 bits per heavy atom. The van der Waals surface area contributed by atoms with E-state index in [9.17, 15) is 4.79 Å². The van der Waals surface area contributed by atoms with Crippen LogP contribution < -0.4 is 16.0 Å². The summed E-state index contributed by atoms with van der Waals surface area (Å²) in [5, 5.41) is 13.9. The molecule has 0 unspecified atom stereocenters. The maximum absolute atomic E-state index is 12.7. The molecule has 4 aromatic rings. The van der Waals surface area contributed by atoms with Crippen molar-refractivity contribution >= 4 is 34.6 Å². The summed E-state index contributed by atoms with van der Waals surface area (Å²) >= 11 is 0. The van der Waals surface area contributed by atoms with E-state index in [2.05, 4.69) is 37.9 Å². The smallest absolute Gasteiger partial charge is 0.259 e. The third kappa shape index (κ3) is 5.17. The highest BCUT2D eigenvalue weighted by Crippen LogP contribution is 2.22. The van der Waals surface area contributed by atoms with Gasteiger partial charge in [0.05, 0.1) is 11.3 Å². The summed E-state index contributed by atoms with van der Waals surface area (Å²) in [6.45, 7) is 7.62. The van der Waals surface area contributed by atoms with E-state index in [0.29, 0.717) is 34.4 Å². The number of carbonyl (C=O) groups excluding carboxylic acids is 1. The van der Waals surface area contributed by atoms with Crippen molar-refractivity contribution in [1.29, 1.82) is 0 Å². The molecule has 0 atom stereocenters. The molecule has 0 saturated heterocycles. The number of nitrogens with zero attached hydrogens (tertiary/aromatic N) is 4. The van der Waals surface area contributed by atoms with Crippen molar-refractivity contribution in [3.63, 3.8) is 0 Å². The molecule has 2 aromatic carbocycles. The van der Waals surface area contributed by atoms with Crippen LogP contribution >= 0.6 is 0 Å². The second kappa shape index (κ2) is 9.12. The first-order valence-electron chi connectivity index (χ1n) is 10.7. The standard InChI is InChI=1S/C25H27N7O/c1-15-6-8-19(9-7-15)28-22-14-23(27-18(4)26-22)29-20-10-12-21(13-11-20)30-25(33)24-16(2)31-32(5)17(24)3/h6-14H,1-5H3,(H,30,33)(H2,26,27,28,29). The van der Waals surface area contributed by atoms with Crippen molar-refractivity contribution < 1.29 is 4.79 Å². The average Bonchev–Trinajstić information content (AvgIpc) is 3.02. The van der Waals surface area contributed by atoms with Gasteiger partial charge in [-0.2, -0.15) is 5.10 Å². The zero-order valence-electron chi connectivity index (χ0n) is 19.4. The molecule has 4 rings (SSSR count). The monoisotopic (exact) mass is 441 g/mol. The predicted molar refractivity (Wildman–Crippen MR) is 132 cm³/mol. The molecular weight excluding hydrogens is 414 g/mol. The molecule has 0 radical (unpaired) electrons. The van der Waals surface area contributed by atoms with Crippen LogP contribution in [0.15, 0.2) is 54.6 Å². The number of aromatic nitrogens is 4. The fourth-order valence-corrected chi connectivity index (χ4v) is 3.56. The van der Waals surface area contributed by atoms with Gasteiger partial charge in [0.1, 0.15) is 17.5 Å². The maximum atomic E-state index is 12.7. The molecule has 0 aliphatic rings. The largest absolute Gasteiger partial charge is 0.340 e. The molecule has 1 amide bonds. The molecule has 3 N–H and O–H groups in total. The Morgan fingerprint density at radius 1 is 0.788 bits per heavy atom. The lowest BCUT2D eigenvalue weighted by Crippen LogP contribution is -2.14. The molecule has 0 aliphatic carbocycles. The highest BCUT2D eigenvalue weighted by Gasteiger charge is 2.17. The Kier molecular flexibility index (Phi) is 6.08. The molecule has 168 valence electrons. The van der Waals surface area contributed by atoms with E-state index in [0.717, 1.165) is 17.1 Å². The van der Waals surface area contributed by atoms with Crippen molar-refractivity contribution in [1.82, 2.24) is 19.7 Å². The zero-order chi connectivity index (χ0) is 23.5. The number of amides is 1. The van der Waals surface area contributed by atoms with E-state index in [1.807, 2.05) is 82.4 Å². The summed E-state index contributed by atoms with van der Waals surface area (Å²) < 4.78 is 1.71. The molecule has 0 spiro atoms. The lowest BCUT2D eigenvalue weighted by molar-refractivity contribution is 0.102. The second-order valence-electron chi connectivity index (χ2n) is 8.00. The van der Waals surface area contributed by atoms with Crippen LogP contribution in [0.3, 0.4) is 0 Å². The molecule has 0 aliphatic heterocycles. The average molecular weight is 442 g/mol. The highest BCUT2D eigenvalue weighted by molar-refractivity contribution is 6.05. The first-order chi connectivity index (χ1) is 15.8. The van der Waals surface area contributed by atoms with Gasteiger partial charge in [0.2, 0.25) is 0 Å². The lowest BCUT2D eigenvalue weighted by Gasteiger charge is -2.11. The SMILES string of the molecule is Cc1ccc(Nc2cc(Nc3ccc(NC(=O)c4c(C)nn(C)c4C)cc3)nc(C)n2)cc1. The number of hydrogen-bond acceptors (Lipinski definition) is 6. The summed E-state index contributed by atoms with van der Waals surface area (Å²) in [6, 6.07) is 17.5. The van der Waals surface area contributed by atoms with Gasteiger partial charge >= 0.3 is 0 Å². The van der Waals surface area contributed by atoms with Crippen molar-refractivity contribution in [2.75, 3.05) is 16.0 Å². The van der Waals surface area contributed by atoms with Crippen molar-refractivity contribution in [3.05, 3.63) is 82.9 Å². The Morgan fingerprint density at radius 2 is 1.30 bits per heavy atom. The Bertz CT molecular complexity index is 1290. The minimum absolute atomic E-state index is 0.169. The Hall–Kier alpha value is -4.20. The van der Waals surface area contributed by atoms with Gasteiger partial charge < -0.3 is 16.0 Å². The van der Waals surface area contributed by atoms with Crippen LogP contribution in [0.5, 0.6) is 0 Å². The molecule has 0 saturated carbocycles. The first-order valence-corrected chi connectivity index (χ1v) is 10.7. The topological polar surface area (TPSA) is 96.8 Å². The van der Waals surface area contributed by atoms with Gasteiger partial charge in [0.25, 0.3) is 5.91 Å². The summed E-state index contributed by atoms with van der Waals surface area (Å²) in [5.41, 5.74) is 5.85. The van der Waals surface area contributed by atoms with Crippen LogP contribution in [-0.2, 0) is 7.05 Å². The molecule has 33 heavy (non-hydrogen) atoms. The normalized spacial score (nSPS) is 10.7. The van der Waals surface area contributed by atoms with E-state index < -0.39 is 0 Å². The van der Waals surface area contributed by atoms with Crippen LogP contribution in [-0.4, -0.2) is 25.7 Å². The third-order valence-corrected chi connectivity index (χ3v) is 5.31. The van der Waals surface area contributed by atoms with E-state index in [4.69, 9.17) is 0 Å². The lowest BCUT2D eigenvalue weighted by atomic mass is 10.1. The van der Waals surface area contributed by atoms with Gasteiger partial charge in [-0.15, -0.1) is 0 Å². The molecule has 8 nitrogen and oxygen atoms in total. The van der Waals surface area contributed by atoms with Crippen molar-refractivity contribution in [2.24, 2.45) is 7.05 Å². The minimum Gasteiger partial charge on any atom is -0.340 e. The zero-order valence-corrected chi connectivity index (χ0v) is 19.4. The first kappa shape index (κ1) is 22.0. The second-order valence-corrected chi connectivity index (χ2v) is 8.00. The Balaban J connectivity index is 1.45. The quantitative estimate of drug-likeness (QED) is 0.381. The number of aryl methyl sites for hydroxylation is 4. The van der Waals surface area contributed by atoms with Gasteiger partial charge in [0.15, 0.2) is 0 Å². The van der Waals surface area contributed by atoms with Gasteiger partial charge in [-0.05, 0) is 64.1 Å². The van der Waals surface area contributed by atoms with Gasteiger partial charge in [0, 0.05) is 35.9 Å². The minimum atomic E-state index is -0.169. The van der Waals surface area contributed by atoms with Gasteiger partial charge in [-0.25, -0.2) is 9.97 Å². The van der Waals surface area contributed by atoms with E-state index in [1.165, 1.54) is 5.56 Å². The predicted octanol–water partition coefficient (Wildman–Crippen LogP) is 5.18. The number of carbonyl (C=O) groups is 1. The fourth-order valence-electron chi connectivity index (χ4n) is 3.56. The van der Waals surface area contributed by atoms with E-state index in [1.54, 1.807) is 4.68 Å². The molecular formula is C25H27N7O. The van der Waals surface area contributed by atoms with Crippen molar-refractivity contribution in [2.45, 2.75) is 27.7 Å². The summed E-state index contributed by atoms with van der Waals surface area (Å²) in [6.07, 6.45) is 0. The van der Waals surface area contributed by atoms with Crippen LogP contribution in [0.4, 0.5) is 28.7 Å². The molecule has 0 fully saturated rings. The Labute approximate surface area is 193 Å². The number of rotatable bonds is 6. The molecule has 2 heterocycles. The molecule has 2 aromatic heterocycles. The summed E-state index contributed by atoms with van der Waals surface area (Å²) in [7, 11) is 1.83. The van der Waals surface area contributed by atoms with Crippen molar-refractivity contribution in [3.8, 4) is 0 Å². The van der Waals surface area contributed by atoms with Crippen LogP contribution in [0.1, 0.15) is 33.1 Å². The van der Waals surface area contributed by atoms with E-state index in [-0.39, 0.29) is 5.91 Å². The highest BCUT2D eigenvalue weighted by atomic mass is 16.1. The molecule has 8 heteroatoms. The molecule has 0 bridgehead atoms. The fraction of sp³-hybridized carbons (Fsp3) is 0.200. The number of anilines is 5. The van der Waals surface area contributed by atoms with Gasteiger partial charge in [-0.3, -0.25) is 9.48 Å². The third-order valence-electron chi connectivity index (χ3n) is 5.31. The number of hydrogen-bond donors (Lipinski definition) is 3. The number of nitrogens with one attached hydrogen (secondary N) is 3. The van der Waals surface area contributed by atoms with Gasteiger partial charge in [-0.1, -0.05) is 17.7 Å². The van der Waals surface area contributed by atoms with E-state index >= 15 is 0 Å². The van der Waals surface area contributed by atoms with Crippen LogP contribution in [0, 0.1) is 27.7 Å². The summed E-state index contributed by atoms with van der Waals surface area (Å²) in [5.74, 6) is 1.87.